The fourth-order valence-electron chi connectivity index (χ4n) is 3.44. The van der Waals surface area contributed by atoms with Crippen LogP contribution in [0.15, 0.2) is 84.9 Å². The van der Waals surface area contributed by atoms with Gasteiger partial charge in [-0.05, 0) is 28.8 Å². The highest BCUT2D eigenvalue weighted by Crippen LogP contribution is 2.12. The van der Waals surface area contributed by atoms with Gasteiger partial charge in [-0.2, -0.15) is 0 Å². The van der Waals surface area contributed by atoms with Gasteiger partial charge in [-0.3, -0.25) is 4.79 Å². The molecule has 0 saturated heterocycles. The third kappa shape index (κ3) is 8.19. The lowest BCUT2D eigenvalue weighted by Gasteiger charge is -2.22. The summed E-state index contributed by atoms with van der Waals surface area (Å²) in [5, 5.41) is 14.8. The smallest absolute Gasteiger partial charge is 0.408 e. The van der Waals surface area contributed by atoms with Crippen LogP contribution in [0.1, 0.15) is 16.7 Å². The van der Waals surface area contributed by atoms with E-state index in [2.05, 4.69) is 10.6 Å². The largest absolute Gasteiger partial charge is 0.508 e. The SMILES string of the molecule is COC(=O)[C@H](Cc1ccccc1)NC(=O)[C@H](Cc1ccc(O)cc1)NC(=O)OCc1ccccc1. The molecule has 35 heavy (non-hydrogen) atoms. The van der Waals surface area contributed by atoms with E-state index in [1.807, 2.05) is 60.7 Å². The molecule has 8 heteroatoms. The highest BCUT2D eigenvalue weighted by Gasteiger charge is 2.28. The first-order chi connectivity index (χ1) is 16.9. The third-order valence-corrected chi connectivity index (χ3v) is 5.28. The first kappa shape index (κ1) is 25.3. The Morgan fingerprint density at radius 3 is 1.89 bits per heavy atom. The Labute approximate surface area is 203 Å². The molecule has 3 N–H and O–H groups in total. The summed E-state index contributed by atoms with van der Waals surface area (Å²) in [6.07, 6.45) is -0.430. The van der Waals surface area contributed by atoms with Crippen molar-refractivity contribution in [2.24, 2.45) is 0 Å². The van der Waals surface area contributed by atoms with Gasteiger partial charge in [-0.25, -0.2) is 9.59 Å². The zero-order valence-corrected chi connectivity index (χ0v) is 19.3. The lowest BCUT2D eigenvalue weighted by atomic mass is 10.0. The van der Waals surface area contributed by atoms with Crippen molar-refractivity contribution in [1.82, 2.24) is 10.6 Å². The first-order valence-corrected chi connectivity index (χ1v) is 11.1. The Bertz CT molecular complexity index is 1100. The summed E-state index contributed by atoms with van der Waals surface area (Å²) in [6, 6.07) is 22.7. The van der Waals surface area contributed by atoms with Crippen LogP contribution in [0.5, 0.6) is 5.75 Å². The second-order valence-electron chi connectivity index (χ2n) is 7.90. The van der Waals surface area contributed by atoms with Crippen molar-refractivity contribution in [3.05, 3.63) is 102 Å². The lowest BCUT2D eigenvalue weighted by Crippen LogP contribution is -2.53. The summed E-state index contributed by atoms with van der Waals surface area (Å²) >= 11 is 0. The standard InChI is InChI=1S/C27H28N2O6/c1-34-26(32)24(17-19-8-4-2-5-9-19)28-25(31)23(16-20-12-14-22(30)15-13-20)29-27(33)35-18-21-10-6-3-7-11-21/h2-15,23-24,30H,16-18H2,1H3,(H,28,31)(H,29,33)/t23-,24-/m0/s1. The molecule has 0 aliphatic heterocycles. The average molecular weight is 477 g/mol. The predicted octanol–water partition coefficient (Wildman–Crippen LogP) is 3.13. The fourth-order valence-corrected chi connectivity index (χ4v) is 3.44. The molecule has 3 aromatic carbocycles. The summed E-state index contributed by atoms with van der Waals surface area (Å²) in [6.45, 7) is 0.0407. The Balaban J connectivity index is 1.72. The molecule has 3 aromatic rings. The minimum Gasteiger partial charge on any atom is -0.508 e. The lowest BCUT2D eigenvalue weighted by molar-refractivity contribution is -0.145. The van der Waals surface area contributed by atoms with E-state index < -0.39 is 30.1 Å². The van der Waals surface area contributed by atoms with Crippen LogP contribution in [0, 0.1) is 0 Å². The van der Waals surface area contributed by atoms with Crippen LogP contribution in [0.3, 0.4) is 0 Å². The van der Waals surface area contributed by atoms with Crippen molar-refractivity contribution in [2.45, 2.75) is 31.5 Å². The van der Waals surface area contributed by atoms with Crippen molar-refractivity contribution in [3.8, 4) is 5.75 Å². The maximum atomic E-state index is 13.2. The van der Waals surface area contributed by atoms with Crippen LogP contribution >= 0.6 is 0 Å². The highest BCUT2D eigenvalue weighted by atomic mass is 16.5. The van der Waals surface area contributed by atoms with Gasteiger partial charge in [-0.1, -0.05) is 72.8 Å². The molecule has 2 atom stereocenters. The number of phenols is 1. The van der Waals surface area contributed by atoms with Crippen molar-refractivity contribution in [3.63, 3.8) is 0 Å². The summed E-state index contributed by atoms with van der Waals surface area (Å²) in [5.41, 5.74) is 2.34. The normalized spacial score (nSPS) is 12.1. The van der Waals surface area contributed by atoms with Crippen LogP contribution in [0.2, 0.25) is 0 Å². The number of benzene rings is 3. The Morgan fingerprint density at radius 1 is 0.743 bits per heavy atom. The molecule has 0 radical (unpaired) electrons. The number of hydrogen-bond acceptors (Lipinski definition) is 6. The third-order valence-electron chi connectivity index (χ3n) is 5.28. The minimum atomic E-state index is -1.04. The molecule has 2 amide bonds. The number of methoxy groups -OCH3 is 1. The number of aromatic hydroxyl groups is 1. The van der Waals surface area contributed by atoms with E-state index in [9.17, 15) is 19.5 Å². The second-order valence-corrected chi connectivity index (χ2v) is 7.90. The molecule has 0 aromatic heterocycles. The molecule has 3 rings (SSSR count). The number of nitrogens with one attached hydrogen (secondary N) is 2. The van der Waals surface area contributed by atoms with E-state index in [1.165, 1.54) is 19.2 Å². The molecule has 0 unspecified atom stereocenters. The molecule has 8 nitrogen and oxygen atoms in total. The van der Waals surface area contributed by atoms with Crippen molar-refractivity contribution >= 4 is 18.0 Å². The number of esters is 1. The molecule has 0 heterocycles. The first-order valence-electron chi connectivity index (χ1n) is 11.1. The summed E-state index contributed by atoms with van der Waals surface area (Å²) in [5.74, 6) is -1.09. The van der Waals surface area contributed by atoms with Crippen LogP contribution in [-0.2, 0) is 38.5 Å². The number of carbonyl (C=O) groups is 3. The van der Waals surface area contributed by atoms with Gasteiger partial charge in [0.1, 0.15) is 24.4 Å². The molecule has 182 valence electrons. The summed E-state index contributed by atoms with van der Waals surface area (Å²) < 4.78 is 10.1. The zero-order chi connectivity index (χ0) is 25.0. The molecule has 0 aliphatic carbocycles. The van der Waals surface area contributed by atoms with Crippen molar-refractivity contribution in [2.75, 3.05) is 7.11 Å². The molecule has 0 saturated carbocycles. The van der Waals surface area contributed by atoms with E-state index in [0.29, 0.717) is 5.56 Å². The number of hydrogen-bond donors (Lipinski definition) is 3. The van der Waals surface area contributed by atoms with Gasteiger partial charge in [0, 0.05) is 12.8 Å². The Hall–Kier alpha value is -4.33. The quantitative estimate of drug-likeness (QED) is 0.388. The predicted molar refractivity (Wildman–Crippen MR) is 129 cm³/mol. The molecule has 0 spiro atoms. The minimum absolute atomic E-state index is 0.0407. The van der Waals surface area contributed by atoms with Crippen LogP contribution in [0.4, 0.5) is 4.79 Å². The van der Waals surface area contributed by atoms with E-state index in [0.717, 1.165) is 11.1 Å². The van der Waals surface area contributed by atoms with Crippen LogP contribution in [0.25, 0.3) is 0 Å². The Morgan fingerprint density at radius 2 is 1.29 bits per heavy atom. The number of alkyl carbamates (subject to hydrolysis) is 1. The molecule has 0 aliphatic rings. The number of amides is 2. The van der Waals surface area contributed by atoms with E-state index in [-0.39, 0.29) is 25.2 Å². The highest BCUT2D eigenvalue weighted by molar-refractivity contribution is 5.90. The van der Waals surface area contributed by atoms with Crippen LogP contribution < -0.4 is 10.6 Å². The van der Waals surface area contributed by atoms with Crippen molar-refractivity contribution < 1.29 is 29.0 Å². The van der Waals surface area contributed by atoms with Crippen molar-refractivity contribution in [1.29, 1.82) is 0 Å². The maximum absolute atomic E-state index is 13.2. The van der Waals surface area contributed by atoms with Gasteiger partial charge in [0.25, 0.3) is 0 Å². The van der Waals surface area contributed by atoms with Gasteiger partial charge >= 0.3 is 12.1 Å². The molecular weight excluding hydrogens is 448 g/mol. The number of rotatable bonds is 10. The maximum Gasteiger partial charge on any atom is 0.408 e. The molecular formula is C27H28N2O6. The summed E-state index contributed by atoms with van der Waals surface area (Å²) in [4.78, 5) is 38.1. The van der Waals surface area contributed by atoms with Gasteiger partial charge in [0.05, 0.1) is 7.11 Å². The van der Waals surface area contributed by atoms with E-state index in [1.54, 1.807) is 12.1 Å². The van der Waals surface area contributed by atoms with Gasteiger partial charge in [-0.15, -0.1) is 0 Å². The monoisotopic (exact) mass is 476 g/mol. The number of ether oxygens (including phenoxy) is 2. The van der Waals surface area contributed by atoms with Gasteiger partial charge in [0.15, 0.2) is 0 Å². The zero-order valence-electron chi connectivity index (χ0n) is 19.3. The van der Waals surface area contributed by atoms with E-state index in [4.69, 9.17) is 9.47 Å². The van der Waals surface area contributed by atoms with Crippen LogP contribution in [-0.4, -0.2) is 42.3 Å². The van der Waals surface area contributed by atoms with Gasteiger partial charge < -0.3 is 25.2 Å². The average Bonchev–Trinajstić information content (AvgIpc) is 2.88. The topological polar surface area (TPSA) is 114 Å². The molecule has 0 bridgehead atoms. The number of carbonyl (C=O) groups excluding carboxylic acids is 3. The fraction of sp³-hybridized carbons (Fsp3) is 0.222. The summed E-state index contributed by atoms with van der Waals surface area (Å²) in [7, 11) is 1.25. The van der Waals surface area contributed by atoms with Gasteiger partial charge in [0.2, 0.25) is 5.91 Å². The molecule has 0 fully saturated rings. The number of phenolic OH excluding ortho intramolecular Hbond substituents is 1. The van der Waals surface area contributed by atoms with E-state index >= 15 is 0 Å². The Kier molecular flexibility index (Phi) is 9.24. The second kappa shape index (κ2) is 12.8.